The molecule has 0 saturated heterocycles. The van der Waals surface area contributed by atoms with Gasteiger partial charge in [0, 0.05) is 0 Å². The van der Waals surface area contributed by atoms with Crippen LogP contribution in [0.15, 0.2) is 24.3 Å². The van der Waals surface area contributed by atoms with Gasteiger partial charge in [0.2, 0.25) is 8.27 Å². The van der Waals surface area contributed by atoms with Crippen LogP contribution in [0.5, 0.6) is 0 Å². The molecule has 1 rings (SSSR count). The summed E-state index contributed by atoms with van der Waals surface area (Å²) in [7, 11) is 0.477. The van der Waals surface area contributed by atoms with Crippen LogP contribution in [-0.4, -0.2) is 15.3 Å². The first kappa shape index (κ1) is 11.8. The molecule has 3 heteroatoms. The monoisotopic (exact) mass is 227 g/mol. The van der Waals surface area contributed by atoms with Crippen LogP contribution in [0.25, 0.3) is 0 Å². The SMILES string of the molecule is CN[SiH](Cl)c1ccccc1C(C)(C)C. The van der Waals surface area contributed by atoms with E-state index < -0.39 is 8.27 Å². The van der Waals surface area contributed by atoms with E-state index in [4.69, 9.17) is 11.1 Å². The molecule has 14 heavy (non-hydrogen) atoms. The second kappa shape index (κ2) is 4.47. The molecule has 0 bridgehead atoms. The molecule has 0 aliphatic heterocycles. The van der Waals surface area contributed by atoms with Crippen LogP contribution < -0.4 is 10.2 Å². The van der Waals surface area contributed by atoms with Crippen molar-refractivity contribution in [3.05, 3.63) is 29.8 Å². The fourth-order valence-corrected chi connectivity index (χ4v) is 3.52. The van der Waals surface area contributed by atoms with Gasteiger partial charge in [0.25, 0.3) is 0 Å². The molecule has 1 unspecified atom stereocenters. The molecule has 1 atom stereocenters. The summed E-state index contributed by atoms with van der Waals surface area (Å²) in [4.78, 5) is 3.20. The lowest BCUT2D eigenvalue weighted by atomic mass is 9.87. The lowest BCUT2D eigenvalue weighted by Crippen LogP contribution is -2.42. The van der Waals surface area contributed by atoms with E-state index in [1.54, 1.807) is 0 Å². The smallest absolute Gasteiger partial charge is 0.242 e. The lowest BCUT2D eigenvalue weighted by molar-refractivity contribution is 0.594. The minimum atomic E-state index is -1.46. The molecule has 0 radical (unpaired) electrons. The summed E-state index contributed by atoms with van der Waals surface area (Å²) in [6, 6.07) is 8.46. The Labute approximate surface area is 92.9 Å². The third kappa shape index (κ3) is 2.59. The van der Waals surface area contributed by atoms with Gasteiger partial charge in [-0.1, -0.05) is 45.0 Å². The fourth-order valence-electron chi connectivity index (χ4n) is 1.56. The van der Waals surface area contributed by atoms with E-state index in [9.17, 15) is 0 Å². The van der Waals surface area contributed by atoms with Crippen LogP contribution >= 0.6 is 11.1 Å². The summed E-state index contributed by atoms with van der Waals surface area (Å²) in [5, 5.41) is 1.31. The molecule has 1 aromatic carbocycles. The summed E-state index contributed by atoms with van der Waals surface area (Å²) in [6.45, 7) is 6.67. The van der Waals surface area contributed by atoms with Crippen LogP contribution in [-0.2, 0) is 5.41 Å². The normalized spacial score (nSPS) is 14.1. The van der Waals surface area contributed by atoms with Crippen LogP contribution in [0.3, 0.4) is 0 Å². The van der Waals surface area contributed by atoms with Crippen LogP contribution in [0.2, 0.25) is 0 Å². The van der Waals surface area contributed by atoms with Crippen molar-refractivity contribution >= 4 is 24.5 Å². The van der Waals surface area contributed by atoms with E-state index in [1.165, 1.54) is 10.8 Å². The molecule has 0 spiro atoms. The van der Waals surface area contributed by atoms with Crippen LogP contribution in [0.4, 0.5) is 0 Å². The number of rotatable bonds is 2. The first-order valence-corrected chi connectivity index (χ1v) is 7.77. The summed E-state index contributed by atoms with van der Waals surface area (Å²) in [6.07, 6.45) is 0. The number of hydrogen-bond acceptors (Lipinski definition) is 1. The van der Waals surface area contributed by atoms with Crippen molar-refractivity contribution in [3.8, 4) is 0 Å². The van der Waals surface area contributed by atoms with E-state index in [0.717, 1.165) is 0 Å². The highest BCUT2D eigenvalue weighted by molar-refractivity contribution is 7.13. The molecule has 1 N–H and O–H groups in total. The number of nitrogens with one attached hydrogen (secondary N) is 1. The molecule has 0 saturated carbocycles. The molecular weight excluding hydrogens is 210 g/mol. The number of halogens is 1. The number of hydrogen-bond donors (Lipinski definition) is 1. The van der Waals surface area contributed by atoms with Crippen molar-refractivity contribution in [1.29, 1.82) is 0 Å². The highest BCUT2D eigenvalue weighted by atomic mass is 35.6. The van der Waals surface area contributed by atoms with E-state index in [-0.39, 0.29) is 5.41 Å². The maximum absolute atomic E-state index is 6.33. The van der Waals surface area contributed by atoms with Gasteiger partial charge in [0.1, 0.15) is 0 Å². The Morgan fingerprint density at radius 1 is 1.21 bits per heavy atom. The Hall–Kier alpha value is -0.313. The van der Waals surface area contributed by atoms with Crippen molar-refractivity contribution < 1.29 is 0 Å². The molecule has 0 amide bonds. The maximum atomic E-state index is 6.33. The number of benzene rings is 1. The van der Waals surface area contributed by atoms with Gasteiger partial charge in [-0.3, -0.25) is 0 Å². The zero-order valence-corrected chi connectivity index (χ0v) is 11.2. The van der Waals surface area contributed by atoms with Gasteiger partial charge in [0.05, 0.1) is 0 Å². The van der Waals surface area contributed by atoms with Gasteiger partial charge in [-0.25, -0.2) is 0 Å². The van der Waals surface area contributed by atoms with Crippen molar-refractivity contribution in [3.63, 3.8) is 0 Å². The van der Waals surface area contributed by atoms with Gasteiger partial charge >= 0.3 is 0 Å². The molecule has 0 fully saturated rings. The van der Waals surface area contributed by atoms with Gasteiger partial charge < -0.3 is 4.98 Å². The molecule has 0 aliphatic rings. The van der Waals surface area contributed by atoms with Gasteiger partial charge in [-0.15, -0.1) is 11.1 Å². The van der Waals surface area contributed by atoms with E-state index in [1.807, 2.05) is 7.05 Å². The molecule has 0 aromatic heterocycles. The minimum absolute atomic E-state index is 0.174. The highest BCUT2D eigenvalue weighted by Gasteiger charge is 2.21. The Morgan fingerprint density at radius 3 is 2.29 bits per heavy atom. The molecular formula is C11H18ClNSi. The average molecular weight is 228 g/mol. The quantitative estimate of drug-likeness (QED) is 0.601. The van der Waals surface area contributed by atoms with Crippen molar-refractivity contribution in [2.45, 2.75) is 26.2 Å². The maximum Gasteiger partial charge on any atom is 0.242 e. The van der Waals surface area contributed by atoms with Crippen molar-refractivity contribution in [2.75, 3.05) is 7.05 Å². The Bertz CT molecular complexity index is 306. The largest absolute Gasteiger partial charge is 0.327 e. The Kier molecular flexibility index (Phi) is 3.76. The van der Waals surface area contributed by atoms with Gasteiger partial charge in [-0.05, 0) is 23.2 Å². The van der Waals surface area contributed by atoms with Gasteiger partial charge in [0.15, 0.2) is 0 Å². The summed E-state index contributed by atoms with van der Waals surface area (Å²) in [5.41, 5.74) is 1.54. The van der Waals surface area contributed by atoms with Crippen LogP contribution in [0, 0.1) is 0 Å². The fraction of sp³-hybridized carbons (Fsp3) is 0.455. The topological polar surface area (TPSA) is 12.0 Å². The average Bonchev–Trinajstić information content (AvgIpc) is 2.15. The van der Waals surface area contributed by atoms with Crippen molar-refractivity contribution in [2.24, 2.45) is 0 Å². The predicted octanol–water partition coefficient (Wildman–Crippen LogP) is 1.87. The van der Waals surface area contributed by atoms with E-state index in [0.29, 0.717) is 0 Å². The third-order valence-electron chi connectivity index (χ3n) is 2.30. The van der Waals surface area contributed by atoms with Crippen LogP contribution in [0.1, 0.15) is 26.3 Å². The molecule has 0 heterocycles. The second-order valence-corrected chi connectivity index (χ2v) is 7.72. The Balaban J connectivity index is 3.16. The summed E-state index contributed by atoms with van der Waals surface area (Å²) in [5.74, 6) is 0. The Morgan fingerprint density at radius 2 is 1.79 bits per heavy atom. The zero-order chi connectivity index (χ0) is 10.8. The van der Waals surface area contributed by atoms with E-state index in [2.05, 4.69) is 50.0 Å². The molecule has 78 valence electrons. The zero-order valence-electron chi connectivity index (χ0n) is 9.26. The molecule has 1 nitrogen and oxygen atoms in total. The molecule has 0 aliphatic carbocycles. The predicted molar refractivity (Wildman–Crippen MR) is 66.8 cm³/mol. The standard InChI is InChI=1S/C11H18ClNSi/c1-11(2,3)9-7-5-6-8-10(9)14(12)13-4/h5-8,13-14H,1-4H3. The highest BCUT2D eigenvalue weighted by Crippen LogP contribution is 2.20. The third-order valence-corrected chi connectivity index (χ3v) is 5.21. The minimum Gasteiger partial charge on any atom is -0.327 e. The van der Waals surface area contributed by atoms with Gasteiger partial charge in [-0.2, -0.15) is 0 Å². The summed E-state index contributed by atoms with van der Waals surface area (Å²) < 4.78 is 0. The first-order valence-electron chi connectivity index (χ1n) is 4.87. The van der Waals surface area contributed by atoms with E-state index >= 15 is 0 Å². The second-order valence-electron chi connectivity index (χ2n) is 4.49. The summed E-state index contributed by atoms with van der Waals surface area (Å²) >= 11 is 6.33. The molecule has 1 aromatic rings. The lowest BCUT2D eigenvalue weighted by Gasteiger charge is -2.24. The van der Waals surface area contributed by atoms with Crippen molar-refractivity contribution in [1.82, 2.24) is 4.98 Å². The first-order chi connectivity index (χ1) is 6.46.